The number of aliphatic hydroxyl groups excluding tert-OH is 1. The van der Waals surface area contributed by atoms with Gasteiger partial charge in [0.15, 0.2) is 6.29 Å². The maximum atomic E-state index is 11.1. The fraction of sp³-hybridized carbons (Fsp3) is 1.00. The van der Waals surface area contributed by atoms with Crippen molar-refractivity contribution in [3.05, 3.63) is 0 Å². The van der Waals surface area contributed by atoms with Crippen LogP contribution < -0.4 is 4.72 Å². The molecule has 3 N–H and O–H groups in total. The van der Waals surface area contributed by atoms with Gasteiger partial charge in [-0.3, -0.25) is 0 Å². The SMILES string of the molecule is CC1CCC(NS(C)(=O)=O)C(C(O)O)C1. The first-order chi connectivity index (χ1) is 6.79. The number of rotatable bonds is 3. The molecule has 0 radical (unpaired) electrons. The molecule has 0 aromatic carbocycles. The van der Waals surface area contributed by atoms with E-state index in [0.29, 0.717) is 18.8 Å². The zero-order valence-electron chi connectivity index (χ0n) is 9.05. The maximum Gasteiger partial charge on any atom is 0.208 e. The molecule has 0 amide bonds. The lowest BCUT2D eigenvalue weighted by Crippen LogP contribution is -2.47. The fourth-order valence-corrected chi connectivity index (χ4v) is 3.02. The molecule has 0 spiro atoms. The average Bonchev–Trinajstić information content (AvgIpc) is 2.05. The minimum absolute atomic E-state index is 0.351. The highest BCUT2D eigenvalue weighted by atomic mass is 32.2. The van der Waals surface area contributed by atoms with Crippen LogP contribution in [0.1, 0.15) is 26.2 Å². The smallest absolute Gasteiger partial charge is 0.208 e. The minimum atomic E-state index is -3.28. The largest absolute Gasteiger partial charge is 0.368 e. The molecule has 0 aromatic heterocycles. The lowest BCUT2D eigenvalue weighted by molar-refractivity contribution is -0.104. The summed E-state index contributed by atoms with van der Waals surface area (Å²) in [6, 6.07) is -0.351. The molecule has 1 aliphatic carbocycles. The Morgan fingerprint density at radius 2 is 1.93 bits per heavy atom. The molecule has 1 fully saturated rings. The van der Waals surface area contributed by atoms with E-state index >= 15 is 0 Å². The Morgan fingerprint density at radius 3 is 2.40 bits per heavy atom. The molecule has 0 aromatic rings. The normalized spacial score (nSPS) is 33.3. The monoisotopic (exact) mass is 237 g/mol. The predicted molar refractivity (Wildman–Crippen MR) is 56.5 cm³/mol. The fourth-order valence-electron chi connectivity index (χ4n) is 2.18. The molecule has 5 nitrogen and oxygen atoms in total. The first kappa shape index (κ1) is 12.9. The van der Waals surface area contributed by atoms with Gasteiger partial charge in [-0.15, -0.1) is 0 Å². The maximum absolute atomic E-state index is 11.1. The zero-order chi connectivity index (χ0) is 11.6. The van der Waals surface area contributed by atoms with E-state index in [1.807, 2.05) is 6.92 Å². The molecular weight excluding hydrogens is 218 g/mol. The summed E-state index contributed by atoms with van der Waals surface area (Å²) in [5.41, 5.74) is 0. The highest BCUT2D eigenvalue weighted by Gasteiger charge is 2.34. The highest BCUT2D eigenvalue weighted by molar-refractivity contribution is 7.88. The summed E-state index contributed by atoms with van der Waals surface area (Å²) in [5, 5.41) is 18.4. The van der Waals surface area contributed by atoms with Crippen LogP contribution in [0.2, 0.25) is 0 Å². The Labute approximate surface area is 90.6 Å². The van der Waals surface area contributed by atoms with Gasteiger partial charge in [-0.25, -0.2) is 13.1 Å². The van der Waals surface area contributed by atoms with Crippen LogP contribution in [0.15, 0.2) is 0 Å². The van der Waals surface area contributed by atoms with Gasteiger partial charge in [-0.05, 0) is 25.2 Å². The van der Waals surface area contributed by atoms with Gasteiger partial charge in [0.1, 0.15) is 0 Å². The van der Waals surface area contributed by atoms with E-state index in [1.165, 1.54) is 0 Å². The van der Waals surface area contributed by atoms with Crippen molar-refractivity contribution >= 4 is 10.0 Å². The molecule has 0 heterocycles. The minimum Gasteiger partial charge on any atom is -0.368 e. The van der Waals surface area contributed by atoms with Gasteiger partial charge in [0.05, 0.1) is 6.26 Å². The summed E-state index contributed by atoms with van der Waals surface area (Å²) in [6.07, 6.45) is 1.86. The Kier molecular flexibility index (Phi) is 4.11. The van der Waals surface area contributed by atoms with Crippen molar-refractivity contribution in [1.82, 2.24) is 4.72 Å². The molecule has 1 rings (SSSR count). The van der Waals surface area contributed by atoms with Crippen LogP contribution in [-0.2, 0) is 10.0 Å². The molecule has 0 aliphatic heterocycles. The van der Waals surface area contributed by atoms with Gasteiger partial charge in [0, 0.05) is 12.0 Å². The van der Waals surface area contributed by atoms with Crippen LogP contribution >= 0.6 is 0 Å². The second-order valence-corrected chi connectivity index (χ2v) is 6.27. The van der Waals surface area contributed by atoms with Crippen molar-refractivity contribution in [3.63, 3.8) is 0 Å². The van der Waals surface area contributed by atoms with Crippen molar-refractivity contribution in [1.29, 1.82) is 0 Å². The van der Waals surface area contributed by atoms with Gasteiger partial charge < -0.3 is 10.2 Å². The third-order valence-electron chi connectivity index (χ3n) is 2.91. The number of nitrogens with one attached hydrogen (secondary N) is 1. The molecule has 15 heavy (non-hydrogen) atoms. The van der Waals surface area contributed by atoms with E-state index in [0.717, 1.165) is 12.7 Å². The number of hydrogen-bond acceptors (Lipinski definition) is 4. The summed E-state index contributed by atoms with van der Waals surface area (Å²) in [5.74, 6) is 0.0119. The predicted octanol–water partition coefficient (Wildman–Crippen LogP) is -0.349. The van der Waals surface area contributed by atoms with E-state index < -0.39 is 22.2 Å². The van der Waals surface area contributed by atoms with E-state index in [2.05, 4.69) is 4.72 Å². The van der Waals surface area contributed by atoms with Gasteiger partial charge in [0.25, 0.3) is 0 Å². The second-order valence-electron chi connectivity index (χ2n) is 4.49. The van der Waals surface area contributed by atoms with Crippen LogP contribution in [0, 0.1) is 11.8 Å². The van der Waals surface area contributed by atoms with Gasteiger partial charge in [0.2, 0.25) is 10.0 Å². The van der Waals surface area contributed by atoms with Gasteiger partial charge in [-0.1, -0.05) is 6.92 Å². The topological polar surface area (TPSA) is 86.6 Å². The zero-order valence-corrected chi connectivity index (χ0v) is 9.87. The Hall–Kier alpha value is -0.170. The lowest BCUT2D eigenvalue weighted by atomic mass is 9.79. The first-order valence-corrected chi connectivity index (χ1v) is 7.02. The Morgan fingerprint density at radius 1 is 1.33 bits per heavy atom. The third-order valence-corrected chi connectivity index (χ3v) is 3.64. The molecular formula is C9H19NO4S. The van der Waals surface area contributed by atoms with Crippen LogP contribution in [0.25, 0.3) is 0 Å². The summed E-state index contributed by atoms with van der Waals surface area (Å²) in [4.78, 5) is 0. The van der Waals surface area contributed by atoms with Gasteiger partial charge in [-0.2, -0.15) is 0 Å². The molecule has 0 saturated heterocycles. The number of aliphatic hydroxyl groups is 2. The summed E-state index contributed by atoms with van der Waals surface area (Å²) in [7, 11) is -3.28. The van der Waals surface area contributed by atoms with Gasteiger partial charge >= 0.3 is 0 Å². The van der Waals surface area contributed by atoms with Crippen LogP contribution in [0.4, 0.5) is 0 Å². The Bertz CT molecular complexity index is 301. The van der Waals surface area contributed by atoms with E-state index in [1.54, 1.807) is 0 Å². The van der Waals surface area contributed by atoms with Crippen molar-refractivity contribution in [3.8, 4) is 0 Å². The Balaban J connectivity index is 2.69. The first-order valence-electron chi connectivity index (χ1n) is 5.13. The quantitative estimate of drug-likeness (QED) is 0.586. The van der Waals surface area contributed by atoms with Crippen molar-refractivity contribution in [2.75, 3.05) is 6.26 Å². The summed E-state index contributed by atoms with van der Waals surface area (Å²) < 4.78 is 24.6. The molecule has 0 bridgehead atoms. The van der Waals surface area contributed by atoms with Crippen molar-refractivity contribution in [2.24, 2.45) is 11.8 Å². The summed E-state index contributed by atoms with van der Waals surface area (Å²) in [6.45, 7) is 2.03. The van der Waals surface area contributed by atoms with E-state index in [-0.39, 0.29) is 6.04 Å². The third kappa shape index (κ3) is 4.06. The number of hydrogen-bond donors (Lipinski definition) is 3. The highest BCUT2D eigenvalue weighted by Crippen LogP contribution is 2.30. The number of sulfonamides is 1. The van der Waals surface area contributed by atoms with Crippen molar-refractivity contribution in [2.45, 2.75) is 38.5 Å². The van der Waals surface area contributed by atoms with Crippen LogP contribution in [-0.4, -0.2) is 37.2 Å². The molecule has 3 unspecified atom stereocenters. The molecule has 3 atom stereocenters. The standard InChI is InChI=1S/C9H19NO4S/c1-6-3-4-8(10-15(2,13)14)7(5-6)9(11)12/h6-12H,3-5H2,1-2H3. The molecule has 6 heteroatoms. The van der Waals surface area contributed by atoms with Crippen LogP contribution in [0.5, 0.6) is 0 Å². The summed E-state index contributed by atoms with van der Waals surface area (Å²) >= 11 is 0. The van der Waals surface area contributed by atoms with E-state index in [9.17, 15) is 18.6 Å². The lowest BCUT2D eigenvalue weighted by Gasteiger charge is -2.35. The molecule has 1 aliphatic rings. The second kappa shape index (κ2) is 4.78. The molecule has 1 saturated carbocycles. The molecule has 90 valence electrons. The van der Waals surface area contributed by atoms with E-state index in [4.69, 9.17) is 0 Å². The average molecular weight is 237 g/mol. The van der Waals surface area contributed by atoms with Crippen molar-refractivity contribution < 1.29 is 18.6 Å². The van der Waals surface area contributed by atoms with Crippen LogP contribution in [0.3, 0.4) is 0 Å².